The van der Waals surface area contributed by atoms with E-state index in [2.05, 4.69) is 4.99 Å². The molecule has 1 aromatic rings. The molecule has 0 spiro atoms. The van der Waals surface area contributed by atoms with Gasteiger partial charge in [0.2, 0.25) is 0 Å². The molecule has 0 saturated heterocycles. The van der Waals surface area contributed by atoms with E-state index in [1.807, 2.05) is 25.1 Å². The molecule has 3 nitrogen and oxygen atoms in total. The Morgan fingerprint density at radius 2 is 2.27 bits per heavy atom. The van der Waals surface area contributed by atoms with Crippen LogP contribution < -0.4 is 0 Å². The van der Waals surface area contributed by atoms with Crippen molar-refractivity contribution in [3.05, 3.63) is 34.9 Å². The van der Waals surface area contributed by atoms with Crippen LogP contribution in [0.5, 0.6) is 0 Å². The number of benzene rings is 1. The van der Waals surface area contributed by atoms with E-state index in [1.54, 1.807) is 4.90 Å². The highest BCUT2D eigenvalue weighted by atomic mass is 16.2. The molecule has 0 fully saturated rings. The van der Waals surface area contributed by atoms with Gasteiger partial charge in [-0.15, -0.1) is 0 Å². The number of rotatable bonds is 0. The van der Waals surface area contributed by atoms with Crippen LogP contribution in [0.1, 0.15) is 27.9 Å². The molecule has 0 saturated carbocycles. The smallest absolute Gasteiger partial charge is 0.260 e. The lowest BCUT2D eigenvalue weighted by Crippen LogP contribution is -2.34. The van der Waals surface area contributed by atoms with Gasteiger partial charge < -0.3 is 0 Å². The molecule has 1 aromatic carbocycles. The zero-order valence-electron chi connectivity index (χ0n) is 8.66. The topological polar surface area (TPSA) is 32.7 Å². The predicted octanol–water partition coefficient (Wildman–Crippen LogP) is 1.60. The average molecular weight is 200 g/mol. The van der Waals surface area contributed by atoms with Crippen LogP contribution in [0.2, 0.25) is 0 Å². The number of aliphatic imine (C=N–C) groups is 1. The van der Waals surface area contributed by atoms with Crippen LogP contribution in [0.15, 0.2) is 23.2 Å². The van der Waals surface area contributed by atoms with Crippen LogP contribution in [0.3, 0.4) is 0 Å². The minimum Gasteiger partial charge on any atom is -0.292 e. The van der Waals surface area contributed by atoms with Crippen LogP contribution >= 0.6 is 0 Å². The summed E-state index contributed by atoms with van der Waals surface area (Å²) in [6.07, 6.45) is 0.974. The number of hydrogen-bond donors (Lipinski definition) is 0. The molecule has 1 amide bonds. The molecule has 0 aliphatic carbocycles. The first kappa shape index (κ1) is 8.65. The van der Waals surface area contributed by atoms with E-state index in [0.29, 0.717) is 0 Å². The zero-order chi connectivity index (χ0) is 10.4. The number of amidine groups is 1. The Labute approximate surface area is 88.4 Å². The van der Waals surface area contributed by atoms with Crippen molar-refractivity contribution in [3.8, 4) is 0 Å². The Bertz CT molecular complexity index is 477. The lowest BCUT2D eigenvalue weighted by molar-refractivity contribution is 0.0855. The molecule has 2 aliphatic rings. The Hall–Kier alpha value is -1.64. The molecule has 0 atom stereocenters. The van der Waals surface area contributed by atoms with Crippen LogP contribution in [-0.4, -0.2) is 29.7 Å². The minimum absolute atomic E-state index is 0.118. The van der Waals surface area contributed by atoms with Crippen molar-refractivity contribution in [2.75, 3.05) is 13.1 Å². The zero-order valence-corrected chi connectivity index (χ0v) is 8.66. The molecule has 76 valence electrons. The van der Waals surface area contributed by atoms with Gasteiger partial charge in [0.1, 0.15) is 5.84 Å². The van der Waals surface area contributed by atoms with E-state index >= 15 is 0 Å². The molecule has 0 aromatic heterocycles. The second-order valence-corrected chi connectivity index (χ2v) is 4.01. The van der Waals surface area contributed by atoms with Gasteiger partial charge in [-0.2, -0.15) is 0 Å². The fraction of sp³-hybridized carbons (Fsp3) is 0.333. The first-order valence-corrected chi connectivity index (χ1v) is 5.25. The molecule has 2 aliphatic heterocycles. The fourth-order valence-electron chi connectivity index (χ4n) is 2.30. The number of aryl methyl sites for hydroxylation is 1. The summed E-state index contributed by atoms with van der Waals surface area (Å²) in [6.45, 7) is 3.69. The average Bonchev–Trinajstić information content (AvgIpc) is 2.55. The van der Waals surface area contributed by atoms with Gasteiger partial charge in [0, 0.05) is 18.7 Å². The summed E-state index contributed by atoms with van der Waals surface area (Å²) in [4.78, 5) is 18.3. The highest BCUT2D eigenvalue weighted by Crippen LogP contribution is 2.27. The third-order valence-corrected chi connectivity index (χ3v) is 3.03. The number of amides is 1. The number of hydrogen-bond acceptors (Lipinski definition) is 2. The fourth-order valence-corrected chi connectivity index (χ4v) is 2.30. The molecule has 3 heteroatoms. The molecule has 0 bridgehead atoms. The minimum atomic E-state index is 0.118. The van der Waals surface area contributed by atoms with E-state index in [9.17, 15) is 4.79 Å². The van der Waals surface area contributed by atoms with Crippen molar-refractivity contribution in [1.29, 1.82) is 0 Å². The standard InChI is InChI=1S/C12H12N2O/c1-8-4-2-5-9-10(8)11-13-6-3-7-14(11)12(9)15/h2,4-5H,3,6-7H2,1H3. The van der Waals surface area contributed by atoms with Crippen molar-refractivity contribution < 1.29 is 4.79 Å². The molecule has 3 rings (SSSR count). The van der Waals surface area contributed by atoms with Crippen molar-refractivity contribution in [3.63, 3.8) is 0 Å². The summed E-state index contributed by atoms with van der Waals surface area (Å²) in [6, 6.07) is 5.86. The molecule has 0 N–H and O–H groups in total. The van der Waals surface area contributed by atoms with E-state index in [0.717, 1.165) is 42.0 Å². The summed E-state index contributed by atoms with van der Waals surface area (Å²) < 4.78 is 0. The summed E-state index contributed by atoms with van der Waals surface area (Å²) in [5.41, 5.74) is 3.00. The Kier molecular flexibility index (Phi) is 1.69. The van der Waals surface area contributed by atoms with Crippen molar-refractivity contribution in [2.24, 2.45) is 4.99 Å². The van der Waals surface area contributed by atoms with Gasteiger partial charge in [-0.25, -0.2) is 0 Å². The quantitative estimate of drug-likeness (QED) is 0.626. The lowest BCUT2D eigenvalue weighted by atomic mass is 10.0. The third-order valence-electron chi connectivity index (χ3n) is 3.03. The first-order chi connectivity index (χ1) is 7.29. The normalized spacial score (nSPS) is 18.6. The maximum absolute atomic E-state index is 12.0. The molecule has 0 radical (unpaired) electrons. The number of carbonyl (C=O) groups is 1. The predicted molar refractivity (Wildman–Crippen MR) is 58.2 cm³/mol. The Morgan fingerprint density at radius 3 is 3.13 bits per heavy atom. The Morgan fingerprint density at radius 1 is 1.40 bits per heavy atom. The van der Waals surface area contributed by atoms with Crippen molar-refractivity contribution in [2.45, 2.75) is 13.3 Å². The summed E-state index contributed by atoms with van der Waals surface area (Å²) in [5, 5.41) is 0. The summed E-state index contributed by atoms with van der Waals surface area (Å²) >= 11 is 0. The first-order valence-electron chi connectivity index (χ1n) is 5.25. The largest absolute Gasteiger partial charge is 0.292 e. The van der Waals surface area contributed by atoms with Crippen molar-refractivity contribution >= 4 is 11.7 Å². The highest BCUT2D eigenvalue weighted by Gasteiger charge is 2.35. The van der Waals surface area contributed by atoms with Gasteiger partial charge in [-0.3, -0.25) is 14.7 Å². The van der Waals surface area contributed by atoms with Crippen LogP contribution in [0, 0.1) is 6.92 Å². The maximum atomic E-state index is 12.0. The second-order valence-electron chi connectivity index (χ2n) is 4.01. The van der Waals surface area contributed by atoms with Gasteiger partial charge >= 0.3 is 0 Å². The summed E-state index contributed by atoms with van der Waals surface area (Å²) in [7, 11) is 0. The molecule has 0 unspecified atom stereocenters. The van der Waals surface area contributed by atoms with E-state index in [4.69, 9.17) is 0 Å². The monoisotopic (exact) mass is 200 g/mol. The van der Waals surface area contributed by atoms with Gasteiger partial charge in [0.15, 0.2) is 0 Å². The second kappa shape index (κ2) is 2.92. The Balaban J connectivity index is 2.27. The van der Waals surface area contributed by atoms with Gasteiger partial charge in [0.25, 0.3) is 5.91 Å². The number of fused-ring (bicyclic) bond motifs is 3. The lowest BCUT2D eigenvalue weighted by Gasteiger charge is -2.21. The van der Waals surface area contributed by atoms with Gasteiger partial charge in [0.05, 0.1) is 5.56 Å². The molecular weight excluding hydrogens is 188 g/mol. The molecular formula is C12H12N2O. The molecule has 15 heavy (non-hydrogen) atoms. The highest BCUT2D eigenvalue weighted by molar-refractivity contribution is 6.24. The SMILES string of the molecule is Cc1cccc2c1C1=NCCCN1C2=O. The van der Waals surface area contributed by atoms with Crippen LogP contribution in [0.4, 0.5) is 0 Å². The van der Waals surface area contributed by atoms with E-state index in [1.165, 1.54) is 0 Å². The van der Waals surface area contributed by atoms with Gasteiger partial charge in [-0.1, -0.05) is 12.1 Å². The molecule has 2 heterocycles. The third kappa shape index (κ3) is 1.06. The van der Waals surface area contributed by atoms with Crippen molar-refractivity contribution in [1.82, 2.24) is 4.90 Å². The van der Waals surface area contributed by atoms with Crippen LogP contribution in [-0.2, 0) is 0 Å². The summed E-state index contributed by atoms with van der Waals surface area (Å²) in [5.74, 6) is 1.01. The van der Waals surface area contributed by atoms with Gasteiger partial charge in [-0.05, 0) is 25.0 Å². The van der Waals surface area contributed by atoms with Crippen LogP contribution in [0.25, 0.3) is 0 Å². The number of nitrogens with zero attached hydrogens (tertiary/aromatic N) is 2. The maximum Gasteiger partial charge on any atom is 0.260 e. The number of carbonyl (C=O) groups excluding carboxylic acids is 1. The van der Waals surface area contributed by atoms with E-state index < -0.39 is 0 Å². The van der Waals surface area contributed by atoms with E-state index in [-0.39, 0.29) is 5.91 Å².